The van der Waals surface area contributed by atoms with Crippen molar-refractivity contribution in [3.05, 3.63) is 35.9 Å². The molecule has 1 aromatic rings. The van der Waals surface area contributed by atoms with Gasteiger partial charge >= 0.3 is 11.9 Å². The molecule has 23 heavy (non-hydrogen) atoms. The van der Waals surface area contributed by atoms with Gasteiger partial charge in [0.15, 0.2) is 6.04 Å². The van der Waals surface area contributed by atoms with Gasteiger partial charge in [-0.2, -0.15) is 5.90 Å². The van der Waals surface area contributed by atoms with Crippen LogP contribution >= 0.6 is 0 Å². The Kier molecular flexibility index (Phi) is 7.21. The molecular weight excluding hydrogens is 306 g/mol. The quantitative estimate of drug-likeness (QED) is 0.385. The van der Waals surface area contributed by atoms with E-state index in [1.165, 1.54) is 0 Å². The van der Waals surface area contributed by atoms with Crippen LogP contribution in [0.4, 0.5) is 0 Å². The summed E-state index contributed by atoms with van der Waals surface area (Å²) in [5, 5.41) is 11.7. The summed E-state index contributed by atoms with van der Waals surface area (Å²) in [7, 11) is 0. The van der Waals surface area contributed by atoms with Gasteiger partial charge in [-0.05, 0) is 18.6 Å². The van der Waals surface area contributed by atoms with E-state index in [4.69, 9.17) is 5.11 Å². The fourth-order valence-corrected chi connectivity index (χ4v) is 1.69. The van der Waals surface area contributed by atoms with Gasteiger partial charge in [-0.3, -0.25) is 14.4 Å². The van der Waals surface area contributed by atoms with E-state index in [0.29, 0.717) is 5.56 Å². The molecule has 0 heterocycles. The highest BCUT2D eigenvalue weighted by molar-refractivity contribution is 5.96. The molecule has 0 aromatic heterocycles. The molecule has 0 fully saturated rings. The van der Waals surface area contributed by atoms with Gasteiger partial charge in [0.25, 0.3) is 5.91 Å². The lowest BCUT2D eigenvalue weighted by Crippen LogP contribution is -2.45. The minimum Gasteiger partial charge on any atom is -0.563 e. The van der Waals surface area contributed by atoms with Crippen LogP contribution in [0.3, 0.4) is 0 Å². The molecule has 0 bridgehead atoms. The van der Waals surface area contributed by atoms with Crippen LogP contribution in [0.1, 0.15) is 23.2 Å². The summed E-state index contributed by atoms with van der Waals surface area (Å²) in [5.74, 6) is 1.74. The van der Waals surface area contributed by atoms with E-state index >= 15 is 0 Å². The highest BCUT2D eigenvalue weighted by Gasteiger charge is 2.27. The molecule has 0 aliphatic heterocycles. The normalized spacial score (nSPS) is 11.2. The van der Waals surface area contributed by atoms with Gasteiger partial charge in [-0.25, -0.2) is 0 Å². The van der Waals surface area contributed by atoms with Crippen molar-refractivity contribution in [3.8, 4) is 0 Å². The summed E-state index contributed by atoms with van der Waals surface area (Å²) < 4.78 is 0. The first-order valence-corrected chi connectivity index (χ1v) is 6.71. The van der Waals surface area contributed by atoms with Crippen LogP contribution in [-0.2, 0) is 19.2 Å². The second-order valence-electron chi connectivity index (χ2n) is 4.56. The Morgan fingerprint density at radius 1 is 1.17 bits per heavy atom. The standard InChI is InChI=1S/C14H17N3O6/c15-23-12(19)7-6-10(14(21)22)17-11(18)8-16-13(20)9-4-2-1-3-5-9/h1-5,10H,6-8,15H2,(H,16,20)(H,17,18)(H,21,22)/p+1. The monoisotopic (exact) mass is 324 g/mol. The lowest BCUT2D eigenvalue weighted by Gasteiger charge is -2.11. The maximum absolute atomic E-state index is 11.8. The molecule has 0 aliphatic rings. The number of carbonyl (C=O) groups is 4. The fourth-order valence-electron chi connectivity index (χ4n) is 1.69. The smallest absolute Gasteiger partial charge is 0.538 e. The Morgan fingerprint density at radius 2 is 1.83 bits per heavy atom. The Hall–Kier alpha value is -2.94. The number of nitrogens with one attached hydrogen (secondary N) is 2. The van der Waals surface area contributed by atoms with E-state index in [0.717, 1.165) is 0 Å². The summed E-state index contributed by atoms with van der Waals surface area (Å²) in [4.78, 5) is 49.4. The lowest BCUT2D eigenvalue weighted by molar-refractivity contribution is -0.146. The molecule has 6 N–H and O–H groups in total. The molecule has 0 spiro atoms. The van der Waals surface area contributed by atoms with E-state index in [9.17, 15) is 19.2 Å². The minimum absolute atomic E-state index is 0.114. The van der Waals surface area contributed by atoms with Gasteiger partial charge < -0.3 is 20.6 Å². The number of hydrogen-bond donors (Lipinski definition) is 3. The molecule has 9 nitrogen and oxygen atoms in total. The van der Waals surface area contributed by atoms with Gasteiger partial charge in [0.2, 0.25) is 5.91 Å². The molecule has 0 aliphatic carbocycles. The summed E-state index contributed by atoms with van der Waals surface area (Å²) in [6.45, 7) is -0.362. The molecule has 1 unspecified atom stereocenters. The number of carbonyl (C=O) groups excluding carboxylic acids is 4. The van der Waals surface area contributed by atoms with Gasteiger partial charge in [0.1, 0.15) is 0 Å². The fraction of sp³-hybridized carbons (Fsp3) is 0.286. The molecular formula is C14H18N3O6+. The molecule has 124 valence electrons. The van der Waals surface area contributed by atoms with E-state index in [1.807, 2.05) is 0 Å². The van der Waals surface area contributed by atoms with Crippen LogP contribution in [0.2, 0.25) is 0 Å². The average Bonchev–Trinajstić information content (AvgIpc) is 2.56. The van der Waals surface area contributed by atoms with Crippen molar-refractivity contribution < 1.29 is 29.1 Å². The Bertz CT molecular complexity index is 575. The summed E-state index contributed by atoms with van der Waals surface area (Å²) in [6, 6.07) is 7.11. The predicted molar refractivity (Wildman–Crippen MR) is 78.8 cm³/mol. The summed E-state index contributed by atoms with van der Waals surface area (Å²) in [5.41, 5.74) is 0.388. The molecule has 0 saturated carbocycles. The third-order valence-electron chi connectivity index (χ3n) is 2.87. The summed E-state index contributed by atoms with van der Waals surface area (Å²) >= 11 is 0. The highest BCUT2D eigenvalue weighted by atomic mass is 16.7. The van der Waals surface area contributed by atoms with Crippen LogP contribution < -0.4 is 16.5 Å². The molecule has 9 heteroatoms. The number of hydrogen-bond acceptors (Lipinski definition) is 6. The van der Waals surface area contributed by atoms with Crippen molar-refractivity contribution in [1.82, 2.24) is 10.6 Å². The number of rotatable bonds is 8. The van der Waals surface area contributed by atoms with Crippen molar-refractivity contribution >= 4 is 23.8 Å². The van der Waals surface area contributed by atoms with Gasteiger partial charge in [0.05, 0.1) is 13.0 Å². The van der Waals surface area contributed by atoms with Crippen molar-refractivity contribution in [2.75, 3.05) is 6.54 Å². The molecule has 2 amide bonds. The van der Waals surface area contributed by atoms with E-state index in [2.05, 4.69) is 21.4 Å². The Morgan fingerprint density at radius 3 is 2.39 bits per heavy atom. The van der Waals surface area contributed by atoms with Crippen LogP contribution in [0.15, 0.2) is 30.3 Å². The van der Waals surface area contributed by atoms with Crippen LogP contribution in [0, 0.1) is 0 Å². The third kappa shape index (κ3) is 6.57. The maximum Gasteiger partial charge on any atom is 0.538 e. The first-order chi connectivity index (χ1) is 10.9. The topological polar surface area (TPSA) is 150 Å². The second-order valence-corrected chi connectivity index (χ2v) is 4.56. The van der Waals surface area contributed by atoms with Gasteiger partial charge in [-0.1, -0.05) is 18.2 Å². The first kappa shape index (κ1) is 18.1. The first-order valence-electron chi connectivity index (χ1n) is 6.71. The molecule has 1 atom stereocenters. The Labute approximate surface area is 131 Å². The zero-order valence-electron chi connectivity index (χ0n) is 12.2. The van der Waals surface area contributed by atoms with E-state index < -0.39 is 29.8 Å². The number of amides is 2. The SMILES string of the molecule is NOC(=O)CCC(NC(=O)CNC(=O)c1ccccc1)C(=O)[OH2+]. The van der Waals surface area contributed by atoms with Crippen molar-refractivity contribution in [1.29, 1.82) is 0 Å². The van der Waals surface area contributed by atoms with Crippen molar-refractivity contribution in [2.24, 2.45) is 5.90 Å². The van der Waals surface area contributed by atoms with Crippen LogP contribution in [0.5, 0.6) is 0 Å². The molecule has 0 saturated heterocycles. The lowest BCUT2D eigenvalue weighted by atomic mass is 10.1. The predicted octanol–water partition coefficient (Wildman–Crippen LogP) is -1.65. The summed E-state index contributed by atoms with van der Waals surface area (Å²) in [6.07, 6.45) is -0.334. The third-order valence-corrected chi connectivity index (χ3v) is 2.87. The van der Waals surface area contributed by atoms with Crippen molar-refractivity contribution in [2.45, 2.75) is 18.9 Å². The van der Waals surface area contributed by atoms with Crippen LogP contribution in [-0.4, -0.2) is 41.4 Å². The van der Waals surface area contributed by atoms with Crippen molar-refractivity contribution in [3.63, 3.8) is 0 Å². The number of nitrogens with two attached hydrogens (primary N) is 1. The molecule has 1 aromatic carbocycles. The second kappa shape index (κ2) is 9.15. The largest absolute Gasteiger partial charge is 0.563 e. The van der Waals surface area contributed by atoms with E-state index in [-0.39, 0.29) is 19.4 Å². The zero-order chi connectivity index (χ0) is 17.2. The Balaban J connectivity index is 2.45. The molecule has 1 rings (SSSR count). The minimum atomic E-state index is -1.17. The van der Waals surface area contributed by atoms with Gasteiger partial charge in [-0.15, -0.1) is 0 Å². The molecule has 0 radical (unpaired) electrons. The van der Waals surface area contributed by atoms with E-state index in [1.54, 1.807) is 30.3 Å². The highest BCUT2D eigenvalue weighted by Crippen LogP contribution is 2.00. The number of benzene rings is 1. The zero-order valence-corrected chi connectivity index (χ0v) is 12.2. The van der Waals surface area contributed by atoms with Crippen LogP contribution in [0.25, 0.3) is 0 Å². The van der Waals surface area contributed by atoms with Gasteiger partial charge in [0, 0.05) is 10.4 Å². The average molecular weight is 324 g/mol. The maximum atomic E-state index is 11.8.